The second-order valence-electron chi connectivity index (χ2n) is 5.91. The van der Waals surface area contributed by atoms with Crippen LogP contribution in [-0.4, -0.2) is 24.4 Å². The first kappa shape index (κ1) is 15.2. The quantitative estimate of drug-likeness (QED) is 0.871. The molecule has 0 aliphatic carbocycles. The summed E-state index contributed by atoms with van der Waals surface area (Å²) in [7, 11) is -3.53. The molecule has 1 aromatic carbocycles. The van der Waals surface area contributed by atoms with Gasteiger partial charge in [-0.05, 0) is 50.8 Å². The van der Waals surface area contributed by atoms with Crippen LogP contribution in [0.2, 0.25) is 0 Å². The normalized spacial score (nSPS) is 19.7. The summed E-state index contributed by atoms with van der Waals surface area (Å²) in [6, 6.07) is 7.11. The van der Waals surface area contributed by atoms with Gasteiger partial charge in [-0.1, -0.05) is 17.3 Å². The second-order valence-corrected chi connectivity index (χ2v) is 7.76. The summed E-state index contributed by atoms with van der Waals surface area (Å²) in [6.45, 7) is 6.07. The van der Waals surface area contributed by atoms with Crippen LogP contribution in [0.5, 0.6) is 0 Å². The third-order valence-electron chi connectivity index (χ3n) is 4.12. The van der Waals surface area contributed by atoms with Crippen LogP contribution in [0.15, 0.2) is 33.7 Å². The van der Waals surface area contributed by atoms with Crippen molar-refractivity contribution in [1.29, 1.82) is 0 Å². The number of hydrogen-bond acceptors (Lipinski definition) is 4. The van der Waals surface area contributed by atoms with Crippen LogP contribution in [0.25, 0.3) is 0 Å². The fourth-order valence-electron chi connectivity index (χ4n) is 2.98. The number of rotatable bonds is 3. The van der Waals surface area contributed by atoms with Crippen LogP contribution >= 0.6 is 0 Å². The molecule has 5 nitrogen and oxygen atoms in total. The van der Waals surface area contributed by atoms with Gasteiger partial charge < -0.3 is 4.52 Å². The van der Waals surface area contributed by atoms with Crippen LogP contribution in [0, 0.1) is 20.8 Å². The van der Waals surface area contributed by atoms with Crippen molar-refractivity contribution in [3.8, 4) is 0 Å². The molecule has 118 valence electrons. The molecule has 0 amide bonds. The van der Waals surface area contributed by atoms with Crippen LogP contribution in [0.1, 0.15) is 41.5 Å². The summed E-state index contributed by atoms with van der Waals surface area (Å²) in [5.41, 5.74) is 2.41. The van der Waals surface area contributed by atoms with Gasteiger partial charge >= 0.3 is 0 Å². The number of aryl methyl sites for hydroxylation is 3. The molecule has 1 aliphatic heterocycles. The highest BCUT2D eigenvalue weighted by Gasteiger charge is 2.38. The topological polar surface area (TPSA) is 63.4 Å². The summed E-state index contributed by atoms with van der Waals surface area (Å²) < 4.78 is 32.8. The van der Waals surface area contributed by atoms with Crippen molar-refractivity contribution in [3.05, 3.63) is 46.8 Å². The fraction of sp³-hybridized carbons (Fsp3) is 0.438. The van der Waals surface area contributed by atoms with E-state index < -0.39 is 10.0 Å². The molecular weight excluding hydrogens is 300 g/mol. The maximum absolute atomic E-state index is 13.1. The molecule has 0 N–H and O–H groups in total. The highest BCUT2D eigenvalue weighted by atomic mass is 32.2. The predicted molar refractivity (Wildman–Crippen MR) is 83.0 cm³/mol. The lowest BCUT2D eigenvalue weighted by molar-refractivity contribution is 0.349. The van der Waals surface area contributed by atoms with Crippen molar-refractivity contribution in [2.75, 3.05) is 6.54 Å². The molecule has 0 spiro atoms. The highest BCUT2D eigenvalue weighted by Crippen LogP contribution is 2.37. The zero-order valence-corrected chi connectivity index (χ0v) is 13.9. The van der Waals surface area contributed by atoms with Gasteiger partial charge in [-0.25, -0.2) is 8.42 Å². The average Bonchev–Trinajstić information content (AvgIpc) is 3.09. The summed E-state index contributed by atoms with van der Waals surface area (Å²) in [4.78, 5) is 0.389. The van der Waals surface area contributed by atoms with E-state index >= 15 is 0 Å². The number of nitrogens with zero attached hydrogens (tertiary/aromatic N) is 2. The predicted octanol–water partition coefficient (Wildman–Crippen LogP) is 3.13. The van der Waals surface area contributed by atoms with E-state index in [2.05, 4.69) is 5.16 Å². The Balaban J connectivity index is 2.02. The molecule has 1 aliphatic rings. The Morgan fingerprint density at radius 2 is 2.00 bits per heavy atom. The summed E-state index contributed by atoms with van der Waals surface area (Å²) in [5.74, 6) is 0.700. The zero-order valence-electron chi connectivity index (χ0n) is 13.0. The molecule has 1 atom stereocenters. The van der Waals surface area contributed by atoms with Crippen molar-refractivity contribution in [1.82, 2.24) is 9.46 Å². The molecule has 3 rings (SSSR count). The van der Waals surface area contributed by atoms with E-state index in [1.54, 1.807) is 10.4 Å². The van der Waals surface area contributed by atoms with Gasteiger partial charge in [0.2, 0.25) is 10.0 Å². The van der Waals surface area contributed by atoms with Gasteiger partial charge in [-0.15, -0.1) is 0 Å². The molecule has 1 saturated heterocycles. The molecule has 6 heteroatoms. The number of sulfonamides is 1. The van der Waals surface area contributed by atoms with Gasteiger partial charge in [0.15, 0.2) is 0 Å². The summed E-state index contributed by atoms with van der Waals surface area (Å²) in [6.07, 6.45) is 1.61. The largest absolute Gasteiger partial charge is 0.361 e. The molecule has 2 aromatic rings. The minimum Gasteiger partial charge on any atom is -0.361 e. The maximum atomic E-state index is 13.1. The lowest BCUT2D eigenvalue weighted by Crippen LogP contribution is -2.31. The van der Waals surface area contributed by atoms with Crippen molar-refractivity contribution < 1.29 is 12.9 Å². The van der Waals surface area contributed by atoms with E-state index in [0.29, 0.717) is 22.9 Å². The van der Waals surface area contributed by atoms with Crippen molar-refractivity contribution in [3.63, 3.8) is 0 Å². The Bertz CT molecular complexity index is 795. The molecule has 22 heavy (non-hydrogen) atoms. The van der Waals surface area contributed by atoms with Crippen molar-refractivity contribution in [2.45, 2.75) is 44.6 Å². The summed E-state index contributed by atoms with van der Waals surface area (Å²) in [5, 5.41) is 4.01. The van der Waals surface area contributed by atoms with Gasteiger partial charge in [0.1, 0.15) is 11.5 Å². The lowest BCUT2D eigenvalue weighted by Gasteiger charge is -2.23. The van der Waals surface area contributed by atoms with E-state index in [4.69, 9.17) is 4.52 Å². The maximum Gasteiger partial charge on any atom is 0.243 e. The van der Waals surface area contributed by atoms with E-state index in [9.17, 15) is 8.42 Å². The van der Waals surface area contributed by atoms with Gasteiger partial charge in [-0.2, -0.15) is 4.31 Å². The Labute approximate surface area is 131 Å². The molecule has 0 bridgehead atoms. The zero-order chi connectivity index (χ0) is 15.9. The molecule has 1 aromatic heterocycles. The Morgan fingerprint density at radius 3 is 2.68 bits per heavy atom. The SMILES string of the molecule is Cc1ccc(C)c(S(=O)(=O)N2CCC[C@H]2c2cc(C)on2)c1. The van der Waals surface area contributed by atoms with E-state index in [1.165, 1.54) is 0 Å². The van der Waals surface area contributed by atoms with Crippen LogP contribution in [0.3, 0.4) is 0 Å². The minimum absolute atomic E-state index is 0.234. The Kier molecular flexibility index (Phi) is 3.82. The van der Waals surface area contributed by atoms with Gasteiger partial charge in [0.25, 0.3) is 0 Å². The molecule has 0 radical (unpaired) electrons. The highest BCUT2D eigenvalue weighted by molar-refractivity contribution is 7.89. The monoisotopic (exact) mass is 320 g/mol. The van der Waals surface area contributed by atoms with E-state index in [-0.39, 0.29) is 6.04 Å². The first-order chi connectivity index (χ1) is 10.4. The van der Waals surface area contributed by atoms with Crippen molar-refractivity contribution >= 4 is 10.0 Å². The lowest BCUT2D eigenvalue weighted by atomic mass is 10.1. The third-order valence-corrected chi connectivity index (χ3v) is 6.17. The van der Waals surface area contributed by atoms with Crippen LogP contribution in [-0.2, 0) is 10.0 Å². The first-order valence-electron chi connectivity index (χ1n) is 7.42. The van der Waals surface area contributed by atoms with Crippen LogP contribution < -0.4 is 0 Å². The summed E-state index contributed by atoms with van der Waals surface area (Å²) >= 11 is 0. The fourth-order valence-corrected chi connectivity index (χ4v) is 4.96. The van der Waals surface area contributed by atoms with Gasteiger partial charge in [0, 0.05) is 12.6 Å². The molecule has 0 saturated carbocycles. The first-order valence-corrected chi connectivity index (χ1v) is 8.86. The van der Waals surface area contributed by atoms with E-state index in [1.807, 2.05) is 39.0 Å². The molecule has 0 unspecified atom stereocenters. The number of aromatic nitrogens is 1. The smallest absolute Gasteiger partial charge is 0.243 e. The molecule has 1 fully saturated rings. The van der Waals surface area contributed by atoms with Crippen LogP contribution in [0.4, 0.5) is 0 Å². The average molecular weight is 320 g/mol. The second kappa shape index (κ2) is 5.52. The minimum atomic E-state index is -3.53. The van der Waals surface area contributed by atoms with Gasteiger partial charge in [-0.3, -0.25) is 0 Å². The van der Waals surface area contributed by atoms with Gasteiger partial charge in [0.05, 0.1) is 10.9 Å². The molecule has 2 heterocycles. The number of hydrogen-bond donors (Lipinski definition) is 0. The molecular formula is C16H20N2O3S. The van der Waals surface area contributed by atoms with E-state index in [0.717, 1.165) is 24.0 Å². The Hall–Kier alpha value is -1.66. The number of benzene rings is 1. The van der Waals surface area contributed by atoms with Crippen molar-refractivity contribution in [2.24, 2.45) is 0 Å². The Morgan fingerprint density at radius 1 is 1.23 bits per heavy atom. The standard InChI is InChI=1S/C16H20N2O3S/c1-11-6-7-12(2)16(9-11)22(19,20)18-8-4-5-15(18)14-10-13(3)21-17-14/h6-7,9-10,15H,4-5,8H2,1-3H3/t15-/m0/s1. The third kappa shape index (κ3) is 2.57.